The Morgan fingerprint density at radius 3 is 2.82 bits per heavy atom. The topological polar surface area (TPSA) is 47.1 Å². The fourth-order valence-electron chi connectivity index (χ4n) is 2.18. The molecule has 5 nitrogen and oxygen atoms in total. The quantitative estimate of drug-likeness (QED) is 0.805. The molecule has 0 bridgehead atoms. The third-order valence-electron chi connectivity index (χ3n) is 3.10. The lowest BCUT2D eigenvalue weighted by molar-refractivity contribution is 0.0809. The van der Waals surface area contributed by atoms with Crippen LogP contribution in [0, 0.1) is 13.8 Å². The average Bonchev–Trinajstić information content (AvgIpc) is 2.81. The second-order valence-corrected chi connectivity index (χ2v) is 4.78. The van der Waals surface area contributed by atoms with Gasteiger partial charge >= 0.3 is 0 Å². The number of aryl methyl sites for hydroxylation is 2. The summed E-state index contributed by atoms with van der Waals surface area (Å²) in [5, 5.41) is 8.23. The molecule has 0 unspecified atom stereocenters. The average molecular weight is 232 g/mol. The number of nitrogens with zero attached hydrogens (tertiary/aromatic N) is 4. The largest absolute Gasteiger partial charge is 0.360 e. The van der Waals surface area contributed by atoms with E-state index >= 15 is 0 Å². The van der Waals surface area contributed by atoms with Crippen molar-refractivity contribution in [2.45, 2.75) is 26.4 Å². The molecule has 3 heterocycles. The van der Waals surface area contributed by atoms with Crippen LogP contribution in [0.2, 0.25) is 0 Å². The second kappa shape index (κ2) is 4.00. The number of hydrogen-bond acceptors (Lipinski definition) is 4. The first-order chi connectivity index (χ1) is 8.20. The van der Waals surface area contributed by atoms with Crippen LogP contribution in [0.5, 0.6) is 0 Å². The molecule has 2 aromatic rings. The summed E-state index contributed by atoms with van der Waals surface area (Å²) in [5.74, 6) is 0.942. The van der Waals surface area contributed by atoms with E-state index in [4.69, 9.17) is 4.52 Å². The van der Waals surface area contributed by atoms with Gasteiger partial charge in [-0.05, 0) is 19.4 Å². The van der Waals surface area contributed by atoms with Crippen LogP contribution in [0.4, 0.5) is 0 Å². The van der Waals surface area contributed by atoms with Crippen molar-refractivity contribution < 1.29 is 4.52 Å². The molecule has 0 amide bonds. The minimum absolute atomic E-state index is 0.507. The lowest BCUT2D eigenvalue weighted by atomic mass is 10.1. The lowest BCUT2D eigenvalue weighted by Gasteiger charge is -2.38. The molecular formula is C12H16N4O. The molecule has 3 rings (SSSR count). The van der Waals surface area contributed by atoms with Crippen LogP contribution in [0.1, 0.15) is 23.1 Å². The molecule has 17 heavy (non-hydrogen) atoms. The number of rotatable bonds is 3. The van der Waals surface area contributed by atoms with Gasteiger partial charge in [0.15, 0.2) is 5.76 Å². The van der Waals surface area contributed by atoms with Gasteiger partial charge in [0.1, 0.15) is 0 Å². The van der Waals surface area contributed by atoms with E-state index < -0.39 is 0 Å². The Balaban J connectivity index is 1.55. The number of aromatic nitrogens is 3. The maximum absolute atomic E-state index is 5.20. The molecule has 1 saturated heterocycles. The van der Waals surface area contributed by atoms with Crippen LogP contribution in [0.25, 0.3) is 0 Å². The molecule has 0 aromatic carbocycles. The predicted molar refractivity (Wildman–Crippen MR) is 62.5 cm³/mol. The third kappa shape index (κ3) is 2.10. The van der Waals surface area contributed by atoms with Gasteiger partial charge in [0.25, 0.3) is 0 Å². The summed E-state index contributed by atoms with van der Waals surface area (Å²) in [5.41, 5.74) is 2.16. The van der Waals surface area contributed by atoms with Crippen molar-refractivity contribution in [1.29, 1.82) is 0 Å². The Bertz CT molecular complexity index is 510. The van der Waals surface area contributed by atoms with E-state index in [-0.39, 0.29) is 0 Å². The molecule has 5 heteroatoms. The van der Waals surface area contributed by atoms with Crippen LogP contribution >= 0.6 is 0 Å². The second-order valence-electron chi connectivity index (χ2n) is 4.78. The van der Waals surface area contributed by atoms with Gasteiger partial charge in [-0.25, -0.2) is 0 Å². The molecular weight excluding hydrogens is 216 g/mol. The Hall–Kier alpha value is -1.62. The van der Waals surface area contributed by atoms with Gasteiger partial charge < -0.3 is 4.52 Å². The van der Waals surface area contributed by atoms with Gasteiger partial charge in [-0.15, -0.1) is 0 Å². The highest BCUT2D eigenvalue weighted by Crippen LogP contribution is 2.22. The standard InChI is InChI=1S/C12H16N4O/c1-9-4-13-16(5-9)11-6-15(7-11)8-12-3-10(2)14-17-12/h3-5,11H,6-8H2,1-2H3. The molecule has 1 aliphatic heterocycles. The van der Waals surface area contributed by atoms with Gasteiger partial charge in [0.2, 0.25) is 0 Å². The summed E-state index contributed by atoms with van der Waals surface area (Å²) in [7, 11) is 0. The van der Waals surface area contributed by atoms with E-state index in [2.05, 4.69) is 33.0 Å². The van der Waals surface area contributed by atoms with Crippen LogP contribution in [0.3, 0.4) is 0 Å². The molecule has 0 saturated carbocycles. The van der Waals surface area contributed by atoms with Crippen molar-refractivity contribution in [2.24, 2.45) is 0 Å². The van der Waals surface area contributed by atoms with Crippen LogP contribution in [-0.2, 0) is 6.54 Å². The highest BCUT2D eigenvalue weighted by atomic mass is 16.5. The number of hydrogen-bond donors (Lipinski definition) is 0. The summed E-state index contributed by atoms with van der Waals surface area (Å²) >= 11 is 0. The molecule has 1 fully saturated rings. The molecule has 0 aliphatic carbocycles. The number of likely N-dealkylation sites (tertiary alicyclic amines) is 1. The van der Waals surface area contributed by atoms with E-state index in [1.807, 2.05) is 19.2 Å². The van der Waals surface area contributed by atoms with Gasteiger partial charge in [0, 0.05) is 25.4 Å². The first kappa shape index (κ1) is 10.5. The smallest absolute Gasteiger partial charge is 0.150 e. The SMILES string of the molecule is Cc1cnn(C2CN(Cc3cc(C)no3)C2)c1. The summed E-state index contributed by atoms with van der Waals surface area (Å²) in [6, 6.07) is 2.50. The maximum atomic E-state index is 5.20. The fraction of sp³-hybridized carbons (Fsp3) is 0.500. The van der Waals surface area contributed by atoms with Crippen molar-refractivity contribution >= 4 is 0 Å². The van der Waals surface area contributed by atoms with E-state index in [9.17, 15) is 0 Å². The molecule has 90 valence electrons. The van der Waals surface area contributed by atoms with E-state index in [1.165, 1.54) is 5.56 Å². The Labute approximate surface area is 100 Å². The first-order valence-electron chi connectivity index (χ1n) is 5.86. The van der Waals surface area contributed by atoms with Gasteiger partial charge in [-0.3, -0.25) is 9.58 Å². The molecule has 0 N–H and O–H groups in total. The molecule has 0 atom stereocenters. The van der Waals surface area contributed by atoms with Crippen molar-refractivity contribution in [3.8, 4) is 0 Å². The van der Waals surface area contributed by atoms with Crippen molar-refractivity contribution in [3.05, 3.63) is 35.5 Å². The van der Waals surface area contributed by atoms with Crippen LogP contribution in [-0.4, -0.2) is 32.9 Å². The van der Waals surface area contributed by atoms with Gasteiger partial charge in [-0.2, -0.15) is 5.10 Å². The minimum atomic E-state index is 0.507. The van der Waals surface area contributed by atoms with Gasteiger partial charge in [0.05, 0.1) is 24.5 Å². The molecule has 1 aliphatic rings. The monoisotopic (exact) mass is 232 g/mol. The maximum Gasteiger partial charge on any atom is 0.150 e. The highest BCUT2D eigenvalue weighted by molar-refractivity contribution is 5.05. The normalized spacial score (nSPS) is 17.3. The summed E-state index contributed by atoms with van der Waals surface area (Å²) in [4.78, 5) is 2.33. The summed E-state index contributed by atoms with van der Waals surface area (Å²) in [6.07, 6.45) is 4.00. The van der Waals surface area contributed by atoms with Crippen LogP contribution < -0.4 is 0 Å². The van der Waals surface area contributed by atoms with E-state index in [0.717, 1.165) is 31.1 Å². The molecule has 2 aromatic heterocycles. The Morgan fingerprint density at radius 1 is 1.41 bits per heavy atom. The molecule has 0 radical (unpaired) electrons. The lowest BCUT2D eigenvalue weighted by Crippen LogP contribution is -2.47. The Morgan fingerprint density at radius 2 is 2.24 bits per heavy atom. The summed E-state index contributed by atoms with van der Waals surface area (Å²) < 4.78 is 7.25. The first-order valence-corrected chi connectivity index (χ1v) is 5.86. The molecule has 0 spiro atoms. The highest BCUT2D eigenvalue weighted by Gasteiger charge is 2.29. The van der Waals surface area contributed by atoms with Crippen molar-refractivity contribution in [2.75, 3.05) is 13.1 Å². The van der Waals surface area contributed by atoms with E-state index in [0.29, 0.717) is 6.04 Å². The third-order valence-corrected chi connectivity index (χ3v) is 3.10. The zero-order valence-corrected chi connectivity index (χ0v) is 10.1. The zero-order valence-electron chi connectivity index (χ0n) is 10.1. The van der Waals surface area contributed by atoms with Crippen molar-refractivity contribution in [3.63, 3.8) is 0 Å². The zero-order chi connectivity index (χ0) is 11.8. The van der Waals surface area contributed by atoms with Gasteiger partial charge in [-0.1, -0.05) is 5.16 Å². The Kier molecular flexibility index (Phi) is 2.48. The van der Waals surface area contributed by atoms with Crippen molar-refractivity contribution in [1.82, 2.24) is 19.8 Å². The minimum Gasteiger partial charge on any atom is -0.360 e. The van der Waals surface area contributed by atoms with E-state index in [1.54, 1.807) is 0 Å². The predicted octanol–water partition coefficient (Wildman–Crippen LogP) is 1.54. The van der Waals surface area contributed by atoms with Crippen LogP contribution in [0.15, 0.2) is 23.0 Å². The fourth-order valence-corrected chi connectivity index (χ4v) is 2.18. The summed E-state index contributed by atoms with van der Waals surface area (Å²) in [6.45, 7) is 6.91.